The van der Waals surface area contributed by atoms with Crippen LogP contribution in [0.5, 0.6) is 34.5 Å². The maximum absolute atomic E-state index is 12.5. The van der Waals surface area contributed by atoms with Gasteiger partial charge < -0.3 is 28.4 Å². The molecule has 0 bridgehead atoms. The summed E-state index contributed by atoms with van der Waals surface area (Å²) in [6, 6.07) is 25.7. The lowest BCUT2D eigenvalue weighted by Gasteiger charge is -2.11. The van der Waals surface area contributed by atoms with Gasteiger partial charge in [-0.05, 0) is 135 Å². The van der Waals surface area contributed by atoms with Crippen LogP contribution in [-0.2, 0) is 9.59 Å². The van der Waals surface area contributed by atoms with Crippen molar-refractivity contribution in [2.75, 3.05) is 13.2 Å². The van der Waals surface area contributed by atoms with Crippen molar-refractivity contribution in [2.24, 2.45) is 5.92 Å². The molecule has 10 heteroatoms. The van der Waals surface area contributed by atoms with E-state index in [-0.39, 0.29) is 18.8 Å². The molecule has 53 heavy (non-hydrogen) atoms. The second kappa shape index (κ2) is 21.3. The van der Waals surface area contributed by atoms with Crippen LogP contribution in [0, 0.1) is 5.92 Å². The normalized spacial score (nSPS) is 11.0. The largest absolute Gasteiger partial charge is 0.494 e. The van der Waals surface area contributed by atoms with Gasteiger partial charge in [-0.1, -0.05) is 19.1 Å². The summed E-state index contributed by atoms with van der Waals surface area (Å²) in [5.74, 6) is 0.376. The van der Waals surface area contributed by atoms with Crippen LogP contribution in [-0.4, -0.2) is 37.1 Å². The van der Waals surface area contributed by atoms with Crippen molar-refractivity contribution >= 4 is 23.9 Å². The molecule has 0 unspecified atom stereocenters. The molecule has 0 aromatic heterocycles. The number of carbonyl (C=O) groups excluding carboxylic acids is 4. The van der Waals surface area contributed by atoms with E-state index in [9.17, 15) is 19.2 Å². The standard InChI is InChI=1S/C43H44O10/c1-4-6-8-28-48-34-15-11-32(12-16-34)42(46)52-38-23-19-36(20-24-38)50-40(44)27-10-31(3)30-41(45)51-37-21-25-39(26-22-37)53-43(47)33-13-17-35(18-14-33)49-29-9-7-5-2/h4-5,11-26,31H,1-2,6-10,27-30H2,3H3/t31-/m0/s1. The highest BCUT2D eigenvalue weighted by Gasteiger charge is 2.16. The minimum absolute atomic E-state index is 0.0868. The van der Waals surface area contributed by atoms with Gasteiger partial charge in [0.25, 0.3) is 0 Å². The summed E-state index contributed by atoms with van der Waals surface area (Å²) in [6.07, 6.45) is 7.71. The Kier molecular flexibility index (Phi) is 15.9. The summed E-state index contributed by atoms with van der Waals surface area (Å²) < 4.78 is 33.0. The first-order chi connectivity index (χ1) is 25.7. The zero-order chi connectivity index (χ0) is 37.8. The molecule has 0 aliphatic rings. The van der Waals surface area contributed by atoms with Crippen molar-refractivity contribution in [3.05, 3.63) is 133 Å². The first-order valence-electron chi connectivity index (χ1n) is 17.5. The molecule has 0 N–H and O–H groups in total. The zero-order valence-electron chi connectivity index (χ0n) is 29.8. The molecule has 0 saturated heterocycles. The highest BCUT2D eigenvalue weighted by molar-refractivity contribution is 5.91. The van der Waals surface area contributed by atoms with E-state index in [1.807, 2.05) is 19.1 Å². The first-order valence-corrected chi connectivity index (χ1v) is 17.5. The minimum Gasteiger partial charge on any atom is -0.494 e. The molecule has 4 aromatic rings. The molecular formula is C43H44O10. The second-order valence-corrected chi connectivity index (χ2v) is 12.1. The molecule has 0 fully saturated rings. The van der Waals surface area contributed by atoms with Crippen molar-refractivity contribution < 1.29 is 47.6 Å². The van der Waals surface area contributed by atoms with Crippen LogP contribution in [0.1, 0.15) is 72.6 Å². The number of ether oxygens (including phenoxy) is 6. The van der Waals surface area contributed by atoms with E-state index < -0.39 is 23.9 Å². The Labute approximate surface area is 309 Å². The van der Waals surface area contributed by atoms with Gasteiger partial charge in [-0.3, -0.25) is 9.59 Å². The Morgan fingerprint density at radius 3 is 1.28 bits per heavy atom. The molecule has 0 amide bonds. The van der Waals surface area contributed by atoms with E-state index in [0.717, 1.165) is 25.7 Å². The van der Waals surface area contributed by atoms with Crippen LogP contribution in [0.3, 0.4) is 0 Å². The van der Waals surface area contributed by atoms with Crippen LogP contribution in [0.15, 0.2) is 122 Å². The van der Waals surface area contributed by atoms with Gasteiger partial charge in [-0.25, -0.2) is 9.59 Å². The summed E-state index contributed by atoms with van der Waals surface area (Å²) in [4.78, 5) is 50.1. The fourth-order valence-electron chi connectivity index (χ4n) is 4.80. The highest BCUT2D eigenvalue weighted by Crippen LogP contribution is 2.23. The van der Waals surface area contributed by atoms with Crippen molar-refractivity contribution in [3.8, 4) is 34.5 Å². The summed E-state index contributed by atoms with van der Waals surface area (Å²) in [5.41, 5.74) is 0.737. The molecule has 0 radical (unpaired) electrons. The van der Waals surface area contributed by atoms with E-state index in [1.54, 1.807) is 48.5 Å². The number of carbonyl (C=O) groups is 4. The number of rotatable bonds is 21. The molecule has 0 aliphatic carbocycles. The maximum atomic E-state index is 12.5. The van der Waals surface area contributed by atoms with Gasteiger partial charge >= 0.3 is 23.9 Å². The van der Waals surface area contributed by atoms with E-state index >= 15 is 0 Å². The fourth-order valence-corrected chi connectivity index (χ4v) is 4.80. The van der Waals surface area contributed by atoms with Gasteiger partial charge in [0.15, 0.2) is 0 Å². The Morgan fingerprint density at radius 1 is 0.528 bits per heavy atom. The summed E-state index contributed by atoms with van der Waals surface area (Å²) >= 11 is 0. The van der Waals surface area contributed by atoms with Gasteiger partial charge in [-0.15, -0.1) is 13.2 Å². The van der Waals surface area contributed by atoms with Gasteiger partial charge in [0.1, 0.15) is 34.5 Å². The van der Waals surface area contributed by atoms with E-state index in [4.69, 9.17) is 28.4 Å². The van der Waals surface area contributed by atoms with Crippen LogP contribution in [0.25, 0.3) is 0 Å². The molecule has 4 rings (SSSR count). The smallest absolute Gasteiger partial charge is 0.343 e. The van der Waals surface area contributed by atoms with Crippen LogP contribution in [0.2, 0.25) is 0 Å². The second-order valence-electron chi connectivity index (χ2n) is 12.1. The van der Waals surface area contributed by atoms with Gasteiger partial charge in [0.05, 0.1) is 24.3 Å². The van der Waals surface area contributed by atoms with Crippen LogP contribution >= 0.6 is 0 Å². The van der Waals surface area contributed by atoms with Gasteiger partial charge in [-0.2, -0.15) is 0 Å². The van der Waals surface area contributed by atoms with Crippen LogP contribution < -0.4 is 28.4 Å². The van der Waals surface area contributed by atoms with E-state index in [0.29, 0.717) is 65.3 Å². The third kappa shape index (κ3) is 14.2. The molecule has 0 saturated carbocycles. The number of benzene rings is 4. The first kappa shape index (κ1) is 39.6. The van der Waals surface area contributed by atoms with E-state index in [1.165, 1.54) is 48.5 Å². The number of allylic oxidation sites excluding steroid dienone is 2. The monoisotopic (exact) mass is 720 g/mol. The Morgan fingerprint density at radius 2 is 0.887 bits per heavy atom. The van der Waals surface area contributed by atoms with E-state index in [2.05, 4.69) is 13.2 Å². The summed E-state index contributed by atoms with van der Waals surface area (Å²) in [7, 11) is 0. The predicted octanol–water partition coefficient (Wildman–Crippen LogP) is 9.13. The number of esters is 4. The molecule has 10 nitrogen and oxygen atoms in total. The van der Waals surface area contributed by atoms with Crippen molar-refractivity contribution in [1.29, 1.82) is 0 Å². The predicted molar refractivity (Wildman–Crippen MR) is 200 cm³/mol. The number of hydrogen-bond acceptors (Lipinski definition) is 10. The maximum Gasteiger partial charge on any atom is 0.343 e. The lowest BCUT2D eigenvalue weighted by atomic mass is 10.0. The fraction of sp³-hybridized carbons (Fsp3) is 0.256. The lowest BCUT2D eigenvalue weighted by molar-refractivity contribution is -0.137. The summed E-state index contributed by atoms with van der Waals surface area (Å²) in [6.45, 7) is 10.3. The van der Waals surface area contributed by atoms with Crippen molar-refractivity contribution in [1.82, 2.24) is 0 Å². The molecular weight excluding hydrogens is 676 g/mol. The highest BCUT2D eigenvalue weighted by atomic mass is 16.5. The average molecular weight is 721 g/mol. The minimum atomic E-state index is -0.530. The topological polar surface area (TPSA) is 124 Å². The Hall–Kier alpha value is -6.16. The molecule has 276 valence electrons. The van der Waals surface area contributed by atoms with Gasteiger partial charge in [0.2, 0.25) is 0 Å². The molecule has 0 aliphatic heterocycles. The summed E-state index contributed by atoms with van der Waals surface area (Å²) in [5, 5.41) is 0. The molecule has 0 heterocycles. The third-order valence-electron chi connectivity index (χ3n) is 7.71. The van der Waals surface area contributed by atoms with Crippen molar-refractivity contribution in [2.45, 2.75) is 51.9 Å². The van der Waals surface area contributed by atoms with Gasteiger partial charge in [0, 0.05) is 12.8 Å². The third-order valence-corrected chi connectivity index (χ3v) is 7.71. The number of hydrogen-bond donors (Lipinski definition) is 0. The average Bonchev–Trinajstić information content (AvgIpc) is 3.16. The lowest BCUT2D eigenvalue weighted by Crippen LogP contribution is -2.15. The SMILES string of the molecule is C=CCCCOc1ccc(C(=O)Oc2ccc(OC(=O)CC[C@H](C)CC(=O)Oc3ccc(OC(=O)c4ccc(OCCCC=C)cc4)cc3)cc2)cc1. The Balaban J connectivity index is 1.12. The zero-order valence-corrected chi connectivity index (χ0v) is 29.8. The van der Waals surface area contributed by atoms with Crippen LogP contribution in [0.4, 0.5) is 0 Å². The molecule has 4 aromatic carbocycles. The van der Waals surface area contributed by atoms with Crippen molar-refractivity contribution in [3.63, 3.8) is 0 Å². The quantitative estimate of drug-likeness (QED) is 0.0356. The molecule has 0 spiro atoms. The Bertz CT molecular complexity index is 1790. The molecule has 1 atom stereocenters. The number of unbranched alkanes of at least 4 members (excludes halogenated alkanes) is 2.